The van der Waals surface area contributed by atoms with Crippen LogP contribution in [0, 0.1) is 0 Å². The number of aryl methyl sites for hydroxylation is 1. The van der Waals surface area contributed by atoms with Gasteiger partial charge in [0.15, 0.2) is 0 Å². The average molecular weight is 270 g/mol. The number of hydrogen-bond acceptors (Lipinski definition) is 3. The number of hydrogen-bond donors (Lipinski definition) is 2. The van der Waals surface area contributed by atoms with Crippen LogP contribution in [0.4, 0.5) is 5.69 Å². The van der Waals surface area contributed by atoms with Crippen molar-refractivity contribution in [2.24, 2.45) is 7.05 Å². The summed E-state index contributed by atoms with van der Waals surface area (Å²) < 4.78 is 2.20. The van der Waals surface area contributed by atoms with E-state index >= 15 is 0 Å². The van der Waals surface area contributed by atoms with Crippen LogP contribution in [0.5, 0.6) is 0 Å². The summed E-state index contributed by atoms with van der Waals surface area (Å²) in [6.07, 6.45) is 0. The molecule has 5 nitrogen and oxygen atoms in total. The Morgan fingerprint density at radius 1 is 1.60 bits per heavy atom. The van der Waals surface area contributed by atoms with Crippen molar-refractivity contribution < 1.29 is 9.90 Å². The number of aromatic nitrogens is 2. The van der Waals surface area contributed by atoms with Gasteiger partial charge in [0.1, 0.15) is 4.60 Å². The van der Waals surface area contributed by atoms with Gasteiger partial charge >= 0.3 is 5.97 Å². The molecule has 0 aliphatic heterocycles. The van der Waals surface area contributed by atoms with Gasteiger partial charge < -0.3 is 10.8 Å². The summed E-state index contributed by atoms with van der Waals surface area (Å²) in [7, 11) is 1.73. The zero-order valence-corrected chi connectivity index (χ0v) is 9.45. The van der Waals surface area contributed by atoms with Crippen LogP contribution in [-0.2, 0) is 7.05 Å². The zero-order valence-electron chi connectivity index (χ0n) is 7.86. The van der Waals surface area contributed by atoms with Gasteiger partial charge in [-0.25, -0.2) is 4.79 Å². The summed E-state index contributed by atoms with van der Waals surface area (Å²) in [6, 6.07) is 3.07. The van der Waals surface area contributed by atoms with E-state index in [1.54, 1.807) is 17.8 Å². The summed E-state index contributed by atoms with van der Waals surface area (Å²) in [5.74, 6) is -1.01. The first-order chi connectivity index (χ1) is 7.00. The van der Waals surface area contributed by atoms with Gasteiger partial charge in [0.2, 0.25) is 0 Å². The normalized spacial score (nSPS) is 10.8. The van der Waals surface area contributed by atoms with Crippen LogP contribution in [-0.4, -0.2) is 20.9 Å². The Labute approximate surface area is 93.6 Å². The maximum absolute atomic E-state index is 11.0. The van der Waals surface area contributed by atoms with Crippen molar-refractivity contribution in [2.75, 3.05) is 5.73 Å². The highest BCUT2D eigenvalue weighted by Gasteiger charge is 2.16. The molecule has 0 aliphatic carbocycles. The van der Waals surface area contributed by atoms with Crippen molar-refractivity contribution in [2.45, 2.75) is 0 Å². The number of carbonyl (C=O) groups is 1. The van der Waals surface area contributed by atoms with Crippen molar-refractivity contribution in [1.29, 1.82) is 0 Å². The zero-order chi connectivity index (χ0) is 11.2. The number of carboxylic acids is 1. The van der Waals surface area contributed by atoms with E-state index in [0.29, 0.717) is 21.2 Å². The van der Waals surface area contributed by atoms with E-state index in [1.807, 2.05) is 0 Å². The molecule has 0 radical (unpaired) electrons. The van der Waals surface area contributed by atoms with Gasteiger partial charge in [0.05, 0.1) is 11.1 Å². The summed E-state index contributed by atoms with van der Waals surface area (Å²) in [5.41, 5.74) is 6.72. The van der Waals surface area contributed by atoms with Gasteiger partial charge in [-0.3, -0.25) is 4.68 Å². The standard InChI is InChI=1S/C9H8BrN3O2/c1-13-8(10)7-5(9(14)15)2-4(11)3-6(7)12-13/h2-3H,11H2,1H3,(H,14,15). The molecule has 0 atom stereocenters. The van der Waals surface area contributed by atoms with Gasteiger partial charge in [0, 0.05) is 18.1 Å². The summed E-state index contributed by atoms with van der Waals surface area (Å²) in [5, 5.41) is 13.7. The van der Waals surface area contributed by atoms with Crippen molar-refractivity contribution >= 4 is 38.5 Å². The molecule has 6 heteroatoms. The highest BCUT2D eigenvalue weighted by Crippen LogP contribution is 2.28. The van der Waals surface area contributed by atoms with Crippen LogP contribution in [0.25, 0.3) is 10.9 Å². The molecule has 2 rings (SSSR count). The number of rotatable bonds is 1. The number of nitrogens with zero attached hydrogens (tertiary/aromatic N) is 2. The maximum atomic E-state index is 11.0. The molecule has 0 unspecified atom stereocenters. The smallest absolute Gasteiger partial charge is 0.336 e. The highest BCUT2D eigenvalue weighted by atomic mass is 79.9. The van der Waals surface area contributed by atoms with Crippen LogP contribution >= 0.6 is 15.9 Å². The van der Waals surface area contributed by atoms with E-state index in [9.17, 15) is 4.79 Å². The number of fused-ring (bicyclic) bond motifs is 1. The fourth-order valence-corrected chi connectivity index (χ4v) is 1.98. The Bertz CT molecular complexity index is 562. The molecule has 3 N–H and O–H groups in total. The first kappa shape index (κ1) is 9.97. The number of nitrogens with two attached hydrogens (primary N) is 1. The van der Waals surface area contributed by atoms with Crippen molar-refractivity contribution in [3.05, 3.63) is 22.3 Å². The number of carboxylic acid groups (broad SMARTS) is 1. The van der Waals surface area contributed by atoms with Gasteiger partial charge in [-0.15, -0.1) is 0 Å². The number of nitrogen functional groups attached to an aromatic ring is 1. The molecular formula is C9H8BrN3O2. The largest absolute Gasteiger partial charge is 0.478 e. The van der Waals surface area contributed by atoms with Crippen molar-refractivity contribution in [1.82, 2.24) is 9.78 Å². The monoisotopic (exact) mass is 269 g/mol. The van der Waals surface area contributed by atoms with Crippen LogP contribution in [0.3, 0.4) is 0 Å². The van der Waals surface area contributed by atoms with Gasteiger partial charge in [-0.2, -0.15) is 5.10 Å². The molecule has 2 aromatic rings. The molecule has 78 valence electrons. The second-order valence-electron chi connectivity index (χ2n) is 3.18. The van der Waals surface area contributed by atoms with E-state index in [4.69, 9.17) is 10.8 Å². The Morgan fingerprint density at radius 2 is 2.27 bits per heavy atom. The lowest BCUT2D eigenvalue weighted by Gasteiger charge is -1.99. The first-order valence-corrected chi connectivity index (χ1v) is 4.95. The Balaban J connectivity index is 2.94. The average Bonchev–Trinajstić information content (AvgIpc) is 2.41. The third-order valence-corrected chi connectivity index (χ3v) is 3.03. The van der Waals surface area contributed by atoms with E-state index < -0.39 is 5.97 Å². The van der Waals surface area contributed by atoms with Crippen molar-refractivity contribution in [3.63, 3.8) is 0 Å². The fourth-order valence-electron chi connectivity index (χ4n) is 1.48. The number of aromatic carboxylic acids is 1. The minimum atomic E-state index is -1.01. The van der Waals surface area contributed by atoms with E-state index in [1.165, 1.54) is 6.07 Å². The summed E-state index contributed by atoms with van der Waals surface area (Å²) in [4.78, 5) is 11.0. The molecule has 0 fully saturated rings. The predicted octanol–water partition coefficient (Wildman–Crippen LogP) is 1.62. The molecule has 1 heterocycles. The minimum Gasteiger partial charge on any atom is -0.478 e. The third-order valence-electron chi connectivity index (χ3n) is 2.12. The second-order valence-corrected chi connectivity index (χ2v) is 3.93. The molecule has 0 saturated carbocycles. The maximum Gasteiger partial charge on any atom is 0.336 e. The van der Waals surface area contributed by atoms with Crippen LogP contribution < -0.4 is 5.73 Å². The molecule has 0 spiro atoms. The predicted molar refractivity (Wildman–Crippen MR) is 59.8 cm³/mol. The SMILES string of the molecule is Cn1nc2cc(N)cc(C(=O)O)c2c1Br. The molecule has 0 saturated heterocycles. The lowest BCUT2D eigenvalue weighted by atomic mass is 10.1. The second kappa shape index (κ2) is 3.23. The lowest BCUT2D eigenvalue weighted by molar-refractivity contribution is 0.0699. The summed E-state index contributed by atoms with van der Waals surface area (Å²) in [6.45, 7) is 0. The van der Waals surface area contributed by atoms with Crippen molar-refractivity contribution in [3.8, 4) is 0 Å². The van der Waals surface area contributed by atoms with Gasteiger partial charge in [-0.1, -0.05) is 0 Å². The number of benzene rings is 1. The fraction of sp³-hybridized carbons (Fsp3) is 0.111. The molecule has 0 bridgehead atoms. The van der Waals surface area contributed by atoms with E-state index in [2.05, 4.69) is 21.0 Å². The quantitative estimate of drug-likeness (QED) is 0.771. The van der Waals surface area contributed by atoms with Crippen LogP contribution in [0.15, 0.2) is 16.7 Å². The Kier molecular flexibility index (Phi) is 2.15. The topological polar surface area (TPSA) is 81.1 Å². The first-order valence-electron chi connectivity index (χ1n) is 4.15. The van der Waals surface area contributed by atoms with E-state index in [0.717, 1.165) is 0 Å². The van der Waals surface area contributed by atoms with Gasteiger partial charge in [-0.05, 0) is 28.1 Å². The minimum absolute atomic E-state index is 0.157. The lowest BCUT2D eigenvalue weighted by Crippen LogP contribution is -1.99. The van der Waals surface area contributed by atoms with E-state index in [-0.39, 0.29) is 5.56 Å². The molecule has 1 aromatic carbocycles. The third kappa shape index (κ3) is 1.46. The van der Waals surface area contributed by atoms with Crippen LogP contribution in [0.2, 0.25) is 0 Å². The number of halogens is 1. The molecular weight excluding hydrogens is 262 g/mol. The highest BCUT2D eigenvalue weighted by molar-refractivity contribution is 9.10. The Hall–Kier alpha value is -1.56. The van der Waals surface area contributed by atoms with Gasteiger partial charge in [0.25, 0.3) is 0 Å². The molecule has 15 heavy (non-hydrogen) atoms. The molecule has 0 amide bonds. The summed E-state index contributed by atoms with van der Waals surface area (Å²) >= 11 is 3.29. The van der Waals surface area contributed by atoms with Crippen LogP contribution in [0.1, 0.15) is 10.4 Å². The Morgan fingerprint density at radius 3 is 2.87 bits per heavy atom. The number of anilines is 1. The molecule has 1 aromatic heterocycles. The molecule has 0 aliphatic rings.